The first-order valence-corrected chi connectivity index (χ1v) is 8.17. The monoisotopic (exact) mass is 343 g/mol. The summed E-state index contributed by atoms with van der Waals surface area (Å²) in [6.07, 6.45) is 1.04. The van der Waals surface area contributed by atoms with Gasteiger partial charge in [-0.1, -0.05) is 0 Å². The highest BCUT2D eigenvalue weighted by molar-refractivity contribution is 5.89. The lowest BCUT2D eigenvalue weighted by Gasteiger charge is -2.12. The molecule has 0 aliphatic heterocycles. The first kappa shape index (κ1) is 18.7. The summed E-state index contributed by atoms with van der Waals surface area (Å²) in [5.41, 5.74) is 1.35. The van der Waals surface area contributed by atoms with Gasteiger partial charge in [-0.15, -0.1) is 0 Å². The fourth-order valence-corrected chi connectivity index (χ4v) is 2.29. The van der Waals surface area contributed by atoms with Gasteiger partial charge in [0.1, 0.15) is 17.5 Å². The molecule has 0 saturated carbocycles. The number of methoxy groups -OCH3 is 1. The van der Waals surface area contributed by atoms with E-state index in [-0.39, 0.29) is 5.97 Å². The number of hydrogen-bond acceptors (Lipinski definition) is 7. The molecular weight excluding hydrogens is 318 g/mol. The molecule has 1 aromatic heterocycles. The second-order valence-electron chi connectivity index (χ2n) is 5.96. The number of carbonyl (C=O) groups excluding carboxylic acids is 1. The molecule has 0 atom stereocenters. The van der Waals surface area contributed by atoms with Crippen molar-refractivity contribution in [1.82, 2.24) is 14.9 Å². The highest BCUT2D eigenvalue weighted by Gasteiger charge is 2.06. The van der Waals surface area contributed by atoms with Gasteiger partial charge in [0.05, 0.1) is 12.7 Å². The zero-order valence-corrected chi connectivity index (χ0v) is 15.2. The van der Waals surface area contributed by atoms with Crippen LogP contribution in [0.4, 0.5) is 17.3 Å². The maximum absolute atomic E-state index is 11.5. The van der Waals surface area contributed by atoms with Gasteiger partial charge in [-0.3, -0.25) is 0 Å². The Morgan fingerprint density at radius 3 is 2.48 bits per heavy atom. The molecule has 1 heterocycles. The number of rotatable bonds is 8. The predicted molar refractivity (Wildman–Crippen MR) is 99.5 cm³/mol. The zero-order chi connectivity index (χ0) is 18.2. The molecule has 2 aromatic rings. The molecule has 0 amide bonds. The minimum absolute atomic E-state index is 0.353. The Bertz CT molecular complexity index is 701. The molecule has 0 unspecified atom stereocenters. The Morgan fingerprint density at radius 2 is 1.84 bits per heavy atom. The molecule has 7 heteroatoms. The number of benzene rings is 1. The molecule has 0 aliphatic rings. The van der Waals surface area contributed by atoms with Crippen LogP contribution in [0.5, 0.6) is 0 Å². The Labute approximate surface area is 148 Å². The second kappa shape index (κ2) is 8.98. The standard InChI is InChI=1S/C18H25N5O2/c1-13-20-16(19-10-5-11-23(2)3)12-17(21-13)22-15-8-6-14(7-9-15)18(24)25-4/h6-9,12H,5,10-11H2,1-4H3,(H2,19,20,21,22). The Hall–Kier alpha value is -2.67. The van der Waals surface area contributed by atoms with E-state index in [0.717, 1.165) is 31.0 Å². The van der Waals surface area contributed by atoms with E-state index in [9.17, 15) is 4.79 Å². The number of nitrogens with one attached hydrogen (secondary N) is 2. The number of esters is 1. The van der Waals surface area contributed by atoms with Gasteiger partial charge < -0.3 is 20.3 Å². The summed E-state index contributed by atoms with van der Waals surface area (Å²) in [4.78, 5) is 22.4. The lowest BCUT2D eigenvalue weighted by Crippen LogP contribution is -2.16. The molecule has 0 aliphatic carbocycles. The molecule has 134 valence electrons. The van der Waals surface area contributed by atoms with Crippen molar-refractivity contribution in [2.75, 3.05) is 44.9 Å². The number of nitrogens with zero attached hydrogens (tertiary/aromatic N) is 3. The van der Waals surface area contributed by atoms with Crippen molar-refractivity contribution >= 4 is 23.3 Å². The van der Waals surface area contributed by atoms with Crippen LogP contribution in [0, 0.1) is 6.92 Å². The van der Waals surface area contributed by atoms with Crippen molar-refractivity contribution in [2.45, 2.75) is 13.3 Å². The summed E-state index contributed by atoms with van der Waals surface area (Å²) in [5.74, 6) is 1.83. The van der Waals surface area contributed by atoms with E-state index < -0.39 is 0 Å². The number of aromatic nitrogens is 2. The lowest BCUT2D eigenvalue weighted by atomic mass is 10.2. The molecule has 7 nitrogen and oxygen atoms in total. The van der Waals surface area contributed by atoms with E-state index in [4.69, 9.17) is 4.74 Å². The fraction of sp³-hybridized carbons (Fsp3) is 0.389. The first-order valence-electron chi connectivity index (χ1n) is 8.17. The van der Waals surface area contributed by atoms with E-state index in [0.29, 0.717) is 17.2 Å². The van der Waals surface area contributed by atoms with Crippen molar-refractivity contribution < 1.29 is 9.53 Å². The molecule has 2 rings (SSSR count). The SMILES string of the molecule is COC(=O)c1ccc(Nc2cc(NCCCN(C)C)nc(C)n2)cc1. The number of anilines is 3. The molecule has 0 fully saturated rings. The predicted octanol–water partition coefficient (Wildman–Crippen LogP) is 2.68. The quantitative estimate of drug-likeness (QED) is 0.563. The van der Waals surface area contributed by atoms with E-state index >= 15 is 0 Å². The van der Waals surface area contributed by atoms with Crippen molar-refractivity contribution in [1.29, 1.82) is 0 Å². The highest BCUT2D eigenvalue weighted by Crippen LogP contribution is 2.18. The van der Waals surface area contributed by atoms with Crippen LogP contribution in [0.1, 0.15) is 22.6 Å². The second-order valence-corrected chi connectivity index (χ2v) is 5.96. The van der Waals surface area contributed by atoms with E-state index in [2.05, 4.69) is 39.6 Å². The summed E-state index contributed by atoms with van der Waals surface area (Å²) in [5, 5.41) is 6.55. The fourth-order valence-electron chi connectivity index (χ4n) is 2.29. The average molecular weight is 343 g/mol. The minimum atomic E-state index is -0.353. The number of aryl methyl sites for hydroxylation is 1. The summed E-state index contributed by atoms with van der Waals surface area (Å²) < 4.78 is 4.70. The van der Waals surface area contributed by atoms with Gasteiger partial charge in [0.2, 0.25) is 0 Å². The molecule has 0 bridgehead atoms. The van der Waals surface area contributed by atoms with Gasteiger partial charge in [0.25, 0.3) is 0 Å². The van der Waals surface area contributed by atoms with Crippen molar-refractivity contribution in [3.63, 3.8) is 0 Å². The van der Waals surface area contributed by atoms with Gasteiger partial charge in [-0.25, -0.2) is 14.8 Å². The number of hydrogen-bond donors (Lipinski definition) is 2. The Kier molecular flexibility index (Phi) is 6.71. The van der Waals surface area contributed by atoms with E-state index in [1.54, 1.807) is 12.1 Å². The van der Waals surface area contributed by atoms with Crippen LogP contribution in [0.2, 0.25) is 0 Å². The Morgan fingerprint density at radius 1 is 1.16 bits per heavy atom. The largest absolute Gasteiger partial charge is 0.465 e. The molecule has 25 heavy (non-hydrogen) atoms. The van der Waals surface area contributed by atoms with Crippen LogP contribution in [-0.4, -0.2) is 55.1 Å². The van der Waals surface area contributed by atoms with Gasteiger partial charge in [-0.05, 0) is 58.3 Å². The highest BCUT2D eigenvalue weighted by atomic mass is 16.5. The van der Waals surface area contributed by atoms with Crippen LogP contribution >= 0.6 is 0 Å². The average Bonchev–Trinajstić information content (AvgIpc) is 2.58. The van der Waals surface area contributed by atoms with Crippen LogP contribution in [0.3, 0.4) is 0 Å². The van der Waals surface area contributed by atoms with Crippen molar-refractivity contribution in [3.8, 4) is 0 Å². The Balaban J connectivity index is 2.00. The first-order chi connectivity index (χ1) is 12.0. The van der Waals surface area contributed by atoms with Gasteiger partial charge in [-0.2, -0.15) is 0 Å². The van der Waals surface area contributed by atoms with Crippen LogP contribution < -0.4 is 10.6 Å². The summed E-state index contributed by atoms with van der Waals surface area (Å²) >= 11 is 0. The summed E-state index contributed by atoms with van der Waals surface area (Å²) in [6, 6.07) is 8.92. The molecule has 0 spiro atoms. The molecule has 1 aromatic carbocycles. The molecular formula is C18H25N5O2. The third kappa shape index (κ3) is 6.04. The smallest absolute Gasteiger partial charge is 0.337 e. The minimum Gasteiger partial charge on any atom is -0.465 e. The normalized spacial score (nSPS) is 10.6. The maximum Gasteiger partial charge on any atom is 0.337 e. The summed E-state index contributed by atoms with van der Waals surface area (Å²) in [7, 11) is 5.48. The van der Waals surface area contributed by atoms with Crippen LogP contribution in [0.15, 0.2) is 30.3 Å². The van der Waals surface area contributed by atoms with Gasteiger partial charge in [0, 0.05) is 18.3 Å². The van der Waals surface area contributed by atoms with E-state index in [1.165, 1.54) is 7.11 Å². The van der Waals surface area contributed by atoms with Crippen molar-refractivity contribution in [2.24, 2.45) is 0 Å². The van der Waals surface area contributed by atoms with Gasteiger partial charge >= 0.3 is 5.97 Å². The number of ether oxygens (including phenoxy) is 1. The van der Waals surface area contributed by atoms with Crippen molar-refractivity contribution in [3.05, 3.63) is 41.7 Å². The molecule has 0 radical (unpaired) electrons. The molecule has 0 saturated heterocycles. The van der Waals surface area contributed by atoms with Gasteiger partial charge in [0.15, 0.2) is 0 Å². The lowest BCUT2D eigenvalue weighted by molar-refractivity contribution is 0.0601. The third-order valence-electron chi connectivity index (χ3n) is 3.50. The third-order valence-corrected chi connectivity index (χ3v) is 3.50. The maximum atomic E-state index is 11.5. The zero-order valence-electron chi connectivity index (χ0n) is 15.2. The summed E-state index contributed by atoms with van der Waals surface area (Å²) in [6.45, 7) is 3.73. The van der Waals surface area contributed by atoms with Crippen LogP contribution in [0.25, 0.3) is 0 Å². The number of carbonyl (C=O) groups is 1. The van der Waals surface area contributed by atoms with E-state index in [1.807, 2.05) is 25.1 Å². The van der Waals surface area contributed by atoms with Crippen LogP contribution in [-0.2, 0) is 4.74 Å². The topological polar surface area (TPSA) is 79.4 Å². The molecule has 2 N–H and O–H groups in total.